The molecule has 0 spiro atoms. The highest BCUT2D eigenvalue weighted by Gasteiger charge is 2.21. The second-order valence-corrected chi connectivity index (χ2v) is 4.88. The summed E-state index contributed by atoms with van der Waals surface area (Å²) in [5, 5.41) is 5.31. The zero-order valence-corrected chi connectivity index (χ0v) is 11.0. The van der Waals surface area contributed by atoms with Crippen LogP contribution in [0.15, 0.2) is 30.5 Å². The lowest BCUT2D eigenvalue weighted by Gasteiger charge is -2.27. The van der Waals surface area contributed by atoms with E-state index in [4.69, 9.17) is 0 Å². The average Bonchev–Trinajstić information content (AvgIpc) is 2.48. The molecule has 0 atom stereocenters. The van der Waals surface area contributed by atoms with Gasteiger partial charge in [-0.1, -0.05) is 24.3 Å². The largest absolute Gasteiger partial charge is 0.335 e. The van der Waals surface area contributed by atoms with E-state index in [2.05, 4.69) is 10.3 Å². The first kappa shape index (κ1) is 12.1. The van der Waals surface area contributed by atoms with Gasteiger partial charge in [0, 0.05) is 37.8 Å². The van der Waals surface area contributed by atoms with Crippen molar-refractivity contribution in [2.75, 3.05) is 26.2 Å². The average molecular weight is 255 g/mol. The molecule has 1 fully saturated rings. The maximum absolute atomic E-state index is 12.6. The van der Waals surface area contributed by atoms with Crippen molar-refractivity contribution in [1.82, 2.24) is 15.2 Å². The number of hydrogen-bond donors (Lipinski definition) is 1. The van der Waals surface area contributed by atoms with Crippen LogP contribution in [0.5, 0.6) is 0 Å². The molecular formula is C15H17N3O. The molecule has 1 saturated heterocycles. The number of fused-ring (bicyclic) bond motifs is 1. The van der Waals surface area contributed by atoms with Crippen LogP contribution >= 0.6 is 0 Å². The van der Waals surface area contributed by atoms with E-state index < -0.39 is 0 Å². The van der Waals surface area contributed by atoms with Gasteiger partial charge in [-0.2, -0.15) is 0 Å². The molecule has 1 N–H and O–H groups in total. The third kappa shape index (κ3) is 2.19. The van der Waals surface area contributed by atoms with Gasteiger partial charge in [0.25, 0.3) is 5.91 Å². The van der Waals surface area contributed by atoms with Gasteiger partial charge >= 0.3 is 0 Å². The van der Waals surface area contributed by atoms with Crippen LogP contribution in [0.1, 0.15) is 16.1 Å². The number of aryl methyl sites for hydroxylation is 1. The zero-order chi connectivity index (χ0) is 13.2. The van der Waals surface area contributed by atoms with Gasteiger partial charge in [-0.05, 0) is 17.9 Å². The Labute approximate surface area is 112 Å². The van der Waals surface area contributed by atoms with Crippen LogP contribution in [0.2, 0.25) is 0 Å². The van der Waals surface area contributed by atoms with Gasteiger partial charge < -0.3 is 10.2 Å². The lowest BCUT2D eigenvalue weighted by atomic mass is 10.1. The van der Waals surface area contributed by atoms with E-state index in [1.165, 1.54) is 0 Å². The molecule has 1 aromatic carbocycles. The van der Waals surface area contributed by atoms with Gasteiger partial charge in [0.2, 0.25) is 0 Å². The number of carbonyl (C=O) groups excluding carboxylic acids is 1. The first-order chi connectivity index (χ1) is 9.27. The molecule has 98 valence electrons. The smallest absolute Gasteiger partial charge is 0.273 e. The number of aromatic nitrogens is 1. The third-order valence-electron chi connectivity index (χ3n) is 3.60. The minimum absolute atomic E-state index is 0.0395. The van der Waals surface area contributed by atoms with Crippen molar-refractivity contribution in [2.24, 2.45) is 0 Å². The van der Waals surface area contributed by atoms with Crippen LogP contribution in [-0.4, -0.2) is 42.0 Å². The topological polar surface area (TPSA) is 45.2 Å². The molecule has 1 aliphatic heterocycles. The van der Waals surface area contributed by atoms with E-state index >= 15 is 0 Å². The van der Waals surface area contributed by atoms with Crippen LogP contribution in [0.25, 0.3) is 10.8 Å². The van der Waals surface area contributed by atoms with E-state index in [-0.39, 0.29) is 5.91 Å². The van der Waals surface area contributed by atoms with Crippen molar-refractivity contribution < 1.29 is 4.79 Å². The van der Waals surface area contributed by atoms with Gasteiger partial charge in [-0.25, -0.2) is 0 Å². The van der Waals surface area contributed by atoms with Gasteiger partial charge in [-0.3, -0.25) is 9.78 Å². The number of benzene rings is 1. The fourth-order valence-electron chi connectivity index (χ4n) is 2.52. The lowest BCUT2D eigenvalue weighted by molar-refractivity contribution is 0.0732. The van der Waals surface area contributed by atoms with Crippen LogP contribution in [0, 0.1) is 6.92 Å². The molecule has 0 unspecified atom stereocenters. The summed E-state index contributed by atoms with van der Waals surface area (Å²) < 4.78 is 0. The predicted octanol–water partition coefficient (Wildman–Crippen LogP) is 1.59. The molecule has 4 nitrogen and oxygen atoms in total. The highest BCUT2D eigenvalue weighted by Crippen LogP contribution is 2.21. The molecule has 1 aromatic heterocycles. The first-order valence-electron chi connectivity index (χ1n) is 6.62. The van der Waals surface area contributed by atoms with Crippen molar-refractivity contribution in [1.29, 1.82) is 0 Å². The molecule has 1 aliphatic rings. The van der Waals surface area contributed by atoms with Crippen LogP contribution in [0.4, 0.5) is 0 Å². The molecule has 2 aromatic rings. The van der Waals surface area contributed by atoms with Crippen molar-refractivity contribution in [2.45, 2.75) is 6.92 Å². The number of rotatable bonds is 1. The Morgan fingerprint density at radius 3 is 2.63 bits per heavy atom. The van der Waals surface area contributed by atoms with E-state index in [1.807, 2.05) is 36.1 Å². The van der Waals surface area contributed by atoms with E-state index in [1.54, 1.807) is 6.20 Å². The van der Waals surface area contributed by atoms with Crippen molar-refractivity contribution in [3.8, 4) is 0 Å². The van der Waals surface area contributed by atoms with Crippen molar-refractivity contribution in [3.05, 3.63) is 41.7 Å². The molecular weight excluding hydrogens is 238 g/mol. The van der Waals surface area contributed by atoms with Gasteiger partial charge in [0.05, 0.1) is 0 Å². The fourth-order valence-corrected chi connectivity index (χ4v) is 2.52. The molecule has 19 heavy (non-hydrogen) atoms. The van der Waals surface area contributed by atoms with Gasteiger partial charge in [0.15, 0.2) is 0 Å². The Morgan fingerprint density at radius 2 is 1.89 bits per heavy atom. The SMILES string of the molecule is Cc1cnc(C(=O)N2CCNCC2)c2ccccc12. The normalized spacial score (nSPS) is 15.7. The first-order valence-corrected chi connectivity index (χ1v) is 6.62. The lowest BCUT2D eigenvalue weighted by Crippen LogP contribution is -2.46. The molecule has 0 aliphatic carbocycles. The summed E-state index contributed by atoms with van der Waals surface area (Å²) in [5.41, 5.74) is 1.68. The summed E-state index contributed by atoms with van der Waals surface area (Å²) in [6, 6.07) is 7.97. The maximum Gasteiger partial charge on any atom is 0.273 e. The number of pyridine rings is 1. The number of nitrogens with zero attached hydrogens (tertiary/aromatic N) is 2. The molecule has 0 radical (unpaired) electrons. The van der Waals surface area contributed by atoms with Crippen molar-refractivity contribution >= 4 is 16.7 Å². The van der Waals surface area contributed by atoms with Gasteiger partial charge in [-0.15, -0.1) is 0 Å². The molecule has 2 heterocycles. The summed E-state index contributed by atoms with van der Waals surface area (Å²) in [6.07, 6.45) is 1.79. The summed E-state index contributed by atoms with van der Waals surface area (Å²) in [6.45, 7) is 5.24. The minimum Gasteiger partial charge on any atom is -0.335 e. The summed E-state index contributed by atoms with van der Waals surface area (Å²) in [7, 11) is 0. The standard InChI is InChI=1S/C15H17N3O/c1-11-10-17-14(13-5-3-2-4-12(11)13)15(19)18-8-6-16-7-9-18/h2-5,10,16H,6-9H2,1H3. The molecule has 0 saturated carbocycles. The van der Waals surface area contributed by atoms with Crippen LogP contribution in [-0.2, 0) is 0 Å². The minimum atomic E-state index is 0.0395. The second kappa shape index (κ2) is 4.97. The quantitative estimate of drug-likeness (QED) is 0.841. The van der Waals surface area contributed by atoms with E-state index in [0.717, 1.165) is 42.5 Å². The summed E-state index contributed by atoms with van der Waals surface area (Å²) >= 11 is 0. The Morgan fingerprint density at radius 1 is 1.21 bits per heavy atom. The number of hydrogen-bond acceptors (Lipinski definition) is 3. The molecule has 1 amide bonds. The maximum atomic E-state index is 12.6. The Bertz CT molecular complexity index is 618. The predicted molar refractivity (Wildman–Crippen MR) is 75.3 cm³/mol. The van der Waals surface area contributed by atoms with Crippen LogP contribution in [0.3, 0.4) is 0 Å². The van der Waals surface area contributed by atoms with Gasteiger partial charge in [0.1, 0.15) is 5.69 Å². The fraction of sp³-hybridized carbons (Fsp3) is 0.333. The summed E-state index contributed by atoms with van der Waals surface area (Å²) in [4.78, 5) is 18.8. The number of amides is 1. The Balaban J connectivity index is 2.05. The Hall–Kier alpha value is -1.94. The number of nitrogens with one attached hydrogen (secondary N) is 1. The third-order valence-corrected chi connectivity index (χ3v) is 3.60. The van der Waals surface area contributed by atoms with E-state index in [0.29, 0.717) is 5.69 Å². The molecule has 0 bridgehead atoms. The highest BCUT2D eigenvalue weighted by molar-refractivity contribution is 6.05. The van der Waals surface area contributed by atoms with Crippen molar-refractivity contribution in [3.63, 3.8) is 0 Å². The highest BCUT2D eigenvalue weighted by atomic mass is 16.2. The second-order valence-electron chi connectivity index (χ2n) is 4.88. The number of piperazine rings is 1. The zero-order valence-electron chi connectivity index (χ0n) is 11.0. The van der Waals surface area contributed by atoms with Crippen LogP contribution < -0.4 is 5.32 Å². The summed E-state index contributed by atoms with van der Waals surface area (Å²) in [5.74, 6) is 0.0395. The molecule has 3 rings (SSSR count). The Kier molecular flexibility index (Phi) is 3.17. The molecule has 4 heteroatoms. The van der Waals surface area contributed by atoms with E-state index in [9.17, 15) is 4.79 Å². The monoisotopic (exact) mass is 255 g/mol. The number of carbonyl (C=O) groups is 1.